The second-order valence-corrected chi connectivity index (χ2v) is 10.6. The molecule has 158 valence electrons. The van der Waals surface area contributed by atoms with Gasteiger partial charge in [0.25, 0.3) is 0 Å². The summed E-state index contributed by atoms with van der Waals surface area (Å²) in [6, 6.07) is 35.2. The Kier molecular flexibility index (Phi) is 5.43. The molecule has 0 saturated carbocycles. The molecule has 4 aromatic carbocycles. The summed E-state index contributed by atoms with van der Waals surface area (Å²) in [6.07, 6.45) is 2.01. The summed E-state index contributed by atoms with van der Waals surface area (Å²) in [5.74, 6) is 2.15. The van der Waals surface area contributed by atoms with Crippen LogP contribution in [0, 0.1) is 0 Å². The Morgan fingerprint density at radius 2 is 1.38 bits per heavy atom. The van der Waals surface area contributed by atoms with Crippen LogP contribution in [-0.4, -0.2) is 7.11 Å². The van der Waals surface area contributed by atoms with Crippen molar-refractivity contribution in [1.82, 2.24) is 0 Å². The van der Waals surface area contributed by atoms with Gasteiger partial charge in [-0.1, -0.05) is 91.0 Å². The predicted molar refractivity (Wildman–Crippen MR) is 131 cm³/mol. The summed E-state index contributed by atoms with van der Waals surface area (Å²) in [7, 11) is -1.45. The number of rotatable bonds is 5. The Balaban J connectivity index is 1.75. The van der Waals surface area contributed by atoms with Crippen molar-refractivity contribution in [3.63, 3.8) is 0 Å². The average Bonchev–Trinajstić information content (AvgIpc) is 2.88. The Bertz CT molecular complexity index is 1270. The number of hydrogen-bond acceptors (Lipinski definition) is 3. The maximum Gasteiger partial charge on any atom is 0.154 e. The molecule has 4 heteroatoms. The minimum Gasteiger partial charge on any atom is -0.497 e. The Morgan fingerprint density at radius 3 is 2.03 bits per heavy atom. The van der Waals surface area contributed by atoms with Crippen LogP contribution in [0.25, 0.3) is 5.76 Å². The number of methoxy groups -OCH3 is 1. The monoisotopic (exact) mass is 438 g/mol. The largest absolute Gasteiger partial charge is 0.497 e. The van der Waals surface area contributed by atoms with Gasteiger partial charge in [-0.05, 0) is 24.3 Å². The predicted octanol–water partition coefficient (Wildman–Crippen LogP) is 6.18. The van der Waals surface area contributed by atoms with Crippen molar-refractivity contribution in [3.8, 4) is 11.5 Å². The van der Waals surface area contributed by atoms with Crippen LogP contribution >= 0.6 is 7.14 Å². The molecule has 0 spiro atoms. The van der Waals surface area contributed by atoms with Gasteiger partial charge in [-0.15, -0.1) is 0 Å². The number of fused-ring (bicyclic) bond motifs is 1. The van der Waals surface area contributed by atoms with E-state index in [1.807, 2.05) is 115 Å². The lowest BCUT2D eigenvalue weighted by Gasteiger charge is -2.32. The minimum atomic E-state index is -3.10. The van der Waals surface area contributed by atoms with Crippen molar-refractivity contribution in [2.45, 2.75) is 5.66 Å². The highest BCUT2D eigenvalue weighted by atomic mass is 31.2. The van der Waals surface area contributed by atoms with Crippen LogP contribution in [0.3, 0.4) is 0 Å². The van der Waals surface area contributed by atoms with Crippen molar-refractivity contribution in [1.29, 1.82) is 0 Å². The lowest BCUT2D eigenvalue weighted by Crippen LogP contribution is -2.23. The van der Waals surface area contributed by atoms with Crippen LogP contribution in [0.5, 0.6) is 11.5 Å². The number of ether oxygens (including phenoxy) is 2. The van der Waals surface area contributed by atoms with Crippen LogP contribution in [0.1, 0.15) is 16.8 Å². The van der Waals surface area contributed by atoms with Gasteiger partial charge in [0.1, 0.15) is 17.3 Å². The summed E-state index contributed by atoms with van der Waals surface area (Å²) in [5, 5.41) is 1.66. The first-order valence-electron chi connectivity index (χ1n) is 10.5. The molecule has 0 aromatic heterocycles. The Labute approximate surface area is 188 Å². The molecule has 32 heavy (non-hydrogen) atoms. The van der Waals surface area contributed by atoms with Gasteiger partial charge in [-0.2, -0.15) is 0 Å². The molecule has 0 N–H and O–H groups in total. The van der Waals surface area contributed by atoms with E-state index in [9.17, 15) is 0 Å². The molecule has 1 aliphatic heterocycles. The SMILES string of the molecule is COc1cccc(C2=CC(P(=O)(c3ccccc3)c3ccccc3)c3ccccc3O2)c1. The van der Waals surface area contributed by atoms with E-state index in [0.29, 0.717) is 5.76 Å². The molecule has 1 aliphatic rings. The highest BCUT2D eigenvalue weighted by molar-refractivity contribution is 7.79. The zero-order valence-electron chi connectivity index (χ0n) is 17.7. The van der Waals surface area contributed by atoms with Crippen molar-refractivity contribution in [2.24, 2.45) is 0 Å². The molecular weight excluding hydrogens is 415 g/mol. The summed E-state index contributed by atoms with van der Waals surface area (Å²) in [4.78, 5) is 0. The second kappa shape index (κ2) is 8.53. The molecule has 1 heterocycles. The lowest BCUT2D eigenvalue weighted by atomic mass is 10.0. The summed E-state index contributed by atoms with van der Waals surface area (Å²) < 4.78 is 26.8. The number of para-hydroxylation sites is 1. The molecular formula is C28H23O3P. The van der Waals surface area contributed by atoms with E-state index in [0.717, 1.165) is 33.2 Å². The molecule has 0 fully saturated rings. The van der Waals surface area contributed by atoms with E-state index in [4.69, 9.17) is 9.47 Å². The topological polar surface area (TPSA) is 35.5 Å². The van der Waals surface area contributed by atoms with Gasteiger partial charge < -0.3 is 14.0 Å². The van der Waals surface area contributed by atoms with E-state index in [1.54, 1.807) is 7.11 Å². The Hall–Kier alpha value is -3.55. The maximum absolute atomic E-state index is 15.1. The van der Waals surface area contributed by atoms with Gasteiger partial charge in [0, 0.05) is 21.7 Å². The normalized spacial score (nSPS) is 15.3. The zero-order valence-corrected chi connectivity index (χ0v) is 18.6. The third kappa shape index (κ3) is 3.55. The van der Waals surface area contributed by atoms with Crippen molar-refractivity contribution in [2.75, 3.05) is 7.11 Å². The van der Waals surface area contributed by atoms with Crippen LogP contribution in [0.15, 0.2) is 115 Å². The van der Waals surface area contributed by atoms with Gasteiger partial charge in [-0.25, -0.2) is 0 Å². The van der Waals surface area contributed by atoms with Gasteiger partial charge in [0.2, 0.25) is 0 Å². The maximum atomic E-state index is 15.1. The first-order chi connectivity index (χ1) is 15.7. The minimum absolute atomic E-state index is 0.363. The molecule has 0 bridgehead atoms. The van der Waals surface area contributed by atoms with Gasteiger partial charge in [-0.3, -0.25) is 0 Å². The van der Waals surface area contributed by atoms with Crippen LogP contribution < -0.4 is 20.1 Å². The fourth-order valence-corrected chi connectivity index (χ4v) is 7.33. The first-order valence-corrected chi connectivity index (χ1v) is 12.3. The standard InChI is InChI=1S/C28H23O3P/c1-30-22-12-10-11-21(19-22)27-20-28(25-17-8-9-18-26(25)31-27)32(29,23-13-4-2-5-14-23)24-15-6-3-7-16-24/h2-20,28H,1H3. The number of allylic oxidation sites excluding steroid dienone is 1. The lowest BCUT2D eigenvalue weighted by molar-refractivity contribution is 0.414. The average molecular weight is 438 g/mol. The third-order valence-electron chi connectivity index (χ3n) is 5.79. The molecule has 3 nitrogen and oxygen atoms in total. The van der Waals surface area contributed by atoms with E-state index in [1.165, 1.54) is 0 Å². The number of hydrogen-bond donors (Lipinski definition) is 0. The number of benzene rings is 4. The zero-order chi connectivity index (χ0) is 22.0. The molecule has 0 saturated heterocycles. The van der Waals surface area contributed by atoms with Gasteiger partial charge in [0.15, 0.2) is 7.14 Å². The third-order valence-corrected chi connectivity index (χ3v) is 9.13. The highest BCUT2D eigenvalue weighted by Crippen LogP contribution is 2.61. The fraction of sp³-hybridized carbons (Fsp3) is 0.0714. The van der Waals surface area contributed by atoms with E-state index >= 15 is 4.57 Å². The molecule has 1 atom stereocenters. The van der Waals surface area contributed by atoms with Crippen molar-refractivity contribution < 1.29 is 14.0 Å². The van der Waals surface area contributed by atoms with Crippen LogP contribution in [-0.2, 0) is 4.57 Å². The van der Waals surface area contributed by atoms with E-state index < -0.39 is 7.14 Å². The van der Waals surface area contributed by atoms with Gasteiger partial charge in [0.05, 0.1) is 12.8 Å². The molecule has 5 rings (SSSR count). The quantitative estimate of drug-likeness (QED) is 0.349. The molecule has 1 unspecified atom stereocenters. The van der Waals surface area contributed by atoms with Crippen molar-refractivity contribution in [3.05, 3.63) is 126 Å². The smallest absolute Gasteiger partial charge is 0.154 e. The van der Waals surface area contributed by atoms with E-state index in [-0.39, 0.29) is 5.66 Å². The molecule has 4 aromatic rings. The van der Waals surface area contributed by atoms with E-state index in [2.05, 4.69) is 0 Å². The molecule has 0 radical (unpaired) electrons. The Morgan fingerprint density at radius 1 is 0.750 bits per heavy atom. The summed E-state index contributed by atoms with van der Waals surface area (Å²) in [5.41, 5.74) is 1.45. The second-order valence-electron chi connectivity index (χ2n) is 7.68. The van der Waals surface area contributed by atoms with Crippen LogP contribution in [0.4, 0.5) is 0 Å². The fourth-order valence-electron chi connectivity index (χ4n) is 4.20. The molecule has 0 aliphatic carbocycles. The first kappa shape index (κ1) is 20.4. The van der Waals surface area contributed by atoms with Crippen LogP contribution in [0.2, 0.25) is 0 Å². The molecule has 0 amide bonds. The van der Waals surface area contributed by atoms with Gasteiger partial charge >= 0.3 is 0 Å². The summed E-state index contributed by atoms with van der Waals surface area (Å²) in [6.45, 7) is 0. The van der Waals surface area contributed by atoms with Crippen molar-refractivity contribution >= 4 is 23.5 Å². The highest BCUT2D eigenvalue weighted by Gasteiger charge is 2.40. The summed E-state index contributed by atoms with van der Waals surface area (Å²) >= 11 is 0.